The Morgan fingerprint density at radius 3 is 0.684 bits per heavy atom. The molecule has 7 heterocycles. The molecule has 0 aromatic rings. The van der Waals surface area contributed by atoms with E-state index in [9.17, 15) is 9.59 Å². The summed E-state index contributed by atoms with van der Waals surface area (Å²) in [5, 5.41) is 0. The Balaban J connectivity index is 1.83. The molecule has 1 atom stereocenters. The van der Waals surface area contributed by atoms with Gasteiger partial charge in [-0.25, -0.2) is 0 Å². The Bertz CT molecular complexity index is 1920. The summed E-state index contributed by atoms with van der Waals surface area (Å²) in [4.78, 5) is 24.9. The quantitative estimate of drug-likeness (QED) is 0.0423. The summed E-state index contributed by atoms with van der Waals surface area (Å²) < 4.78 is 157. The Hall–Kier alpha value is 1.81. The van der Waals surface area contributed by atoms with Gasteiger partial charge in [0, 0.05) is 0 Å². The van der Waals surface area contributed by atoms with E-state index in [-0.39, 0.29) is 6.42 Å². The number of ether oxygens (including phenoxy) is 1. The summed E-state index contributed by atoms with van der Waals surface area (Å²) in [6.07, 6.45) is 0.832. The van der Waals surface area contributed by atoms with E-state index in [0.29, 0.717) is 61.2 Å². The molecule has 0 spiro atoms. The molecule has 0 N–H and O–H groups in total. The molecule has 0 amide bonds. The average Bonchev–Trinajstić information content (AvgIpc) is 3.54. The minimum atomic E-state index is -5.32. The van der Waals surface area contributed by atoms with Gasteiger partial charge in [-0.2, -0.15) is 0 Å². The van der Waals surface area contributed by atoms with Crippen LogP contribution < -0.4 is 0 Å². The fourth-order valence-corrected chi connectivity index (χ4v) is 75.5. The van der Waals surface area contributed by atoms with Crippen molar-refractivity contribution in [1.29, 1.82) is 0 Å². The van der Waals surface area contributed by atoms with E-state index >= 15 is 0 Å². The highest BCUT2D eigenvalue weighted by Gasteiger charge is 2.92. The van der Waals surface area contributed by atoms with Gasteiger partial charge in [0.05, 0.1) is 12.3 Å². The normalized spacial score (nSPS) is 35.8. The molecule has 0 aliphatic carbocycles. The Morgan fingerprint density at radius 1 is 0.342 bits per heavy atom. The zero-order chi connectivity index (χ0) is 57.4. The number of hydrogen-bond donors (Lipinski definition) is 0. The monoisotopic (exact) mass is 1350 g/mol. The van der Waals surface area contributed by atoms with Gasteiger partial charge in [-0.1, -0.05) is 54.9 Å². The van der Waals surface area contributed by atoms with Gasteiger partial charge in [-0.3, -0.25) is 9.59 Å². The standard InChI is InChI=1S/C37H92O23Si16/c1-24-61(8,9)41-69-49-70(42-62(10,11)25-2)52-73(45-65(16,17)28-5)54-71(50-69,43-63(12,13)26-3)56-75(47-67(20,21)30-7)57-72(51-69,44-64(14,15)27-4)55-74(53-70,46-66(18,19)29-6)59-76(58-73,60-75)48-68(22,23)33-31-32-35-34-36(38)40-37(35)39/h35H,24-34H2,1-23H3. The fraction of sp³-hybridized carbons (Fsp3) is 0.946. The first-order chi connectivity index (χ1) is 34.4. The van der Waals surface area contributed by atoms with E-state index in [1.165, 1.54) is 0 Å². The van der Waals surface area contributed by atoms with Crippen molar-refractivity contribution < 1.29 is 96.6 Å². The first-order valence-electron chi connectivity index (χ1n) is 27.2. The second kappa shape index (κ2) is 22.9. The molecular weight excluding hydrogens is 1260 g/mol. The van der Waals surface area contributed by atoms with E-state index in [2.05, 4.69) is 0 Å². The third-order valence-electron chi connectivity index (χ3n) is 14.5. The van der Waals surface area contributed by atoms with Crippen LogP contribution in [0.15, 0.2) is 0 Å². The minimum absolute atomic E-state index is 0.00313. The van der Waals surface area contributed by atoms with Crippen molar-refractivity contribution >= 4 is 151 Å². The summed E-state index contributed by atoms with van der Waals surface area (Å²) in [6.45, 7) is 46.3. The first-order valence-corrected chi connectivity index (χ1v) is 65.2. The van der Waals surface area contributed by atoms with Crippen LogP contribution in [0.5, 0.6) is 0 Å². The maximum absolute atomic E-state index is 12.7. The topological polar surface area (TPSA) is 228 Å². The SMILES string of the molecule is CC[Si](C)(C)O[Si]12O[Si]3(O[Si](C)(C)CC)O[Si]4(O[Si](C)(C)CC)O[Si](O[Si](C)(C)CC)(O1)O[Si]1(O[Si](C)(C)CC)O[Si](O[Si](C)(C)CC)(O2)O[Si](O[Si](C)(C)CC)(O3)O[Si](O[Si](C)(C)CCCC2CC(=O)OC2=O)(O4)O1. The van der Waals surface area contributed by atoms with Crippen LogP contribution in [0.3, 0.4) is 0 Å². The lowest BCUT2D eigenvalue weighted by Crippen LogP contribution is -2.93. The molecule has 23 nitrogen and oxygen atoms in total. The van der Waals surface area contributed by atoms with Crippen molar-refractivity contribution in [3.05, 3.63) is 0 Å². The minimum Gasteiger partial charge on any atom is -0.395 e. The van der Waals surface area contributed by atoms with Gasteiger partial charge in [0.2, 0.25) is 0 Å². The zero-order valence-corrected chi connectivity index (χ0v) is 65.7. The van der Waals surface area contributed by atoms with E-state index in [1.807, 2.05) is 153 Å². The van der Waals surface area contributed by atoms with E-state index in [4.69, 9.17) is 87.0 Å². The van der Waals surface area contributed by atoms with Crippen LogP contribution in [-0.2, 0) is 96.6 Å². The summed E-state index contributed by atoms with van der Waals surface area (Å²) in [5.41, 5.74) is 0. The fourth-order valence-electron chi connectivity index (χ4n) is 7.62. The van der Waals surface area contributed by atoms with E-state index < -0.39 is 157 Å². The number of rotatable bonds is 27. The predicted molar refractivity (Wildman–Crippen MR) is 314 cm³/mol. The molecule has 442 valence electrons. The zero-order valence-electron chi connectivity index (χ0n) is 49.7. The van der Waals surface area contributed by atoms with Gasteiger partial charge in [0.1, 0.15) is 0 Å². The number of carbonyl (C=O) groups is 2. The van der Waals surface area contributed by atoms with Crippen molar-refractivity contribution in [3.63, 3.8) is 0 Å². The largest absolute Gasteiger partial charge is 0.651 e. The number of cyclic esters (lactones) is 2. The molecule has 7 saturated heterocycles. The molecular formula is C37H92O23Si16. The molecule has 39 heteroatoms. The van der Waals surface area contributed by atoms with Crippen LogP contribution in [-0.4, -0.2) is 151 Å². The van der Waals surface area contributed by atoms with Crippen molar-refractivity contribution in [2.45, 2.75) is 221 Å². The van der Waals surface area contributed by atoms with Crippen molar-refractivity contribution in [2.24, 2.45) is 5.92 Å². The van der Waals surface area contributed by atoms with Crippen molar-refractivity contribution in [2.75, 3.05) is 0 Å². The molecule has 7 aliphatic heterocycles. The smallest absolute Gasteiger partial charge is 0.395 e. The van der Waals surface area contributed by atoms with Crippen LogP contribution in [0.25, 0.3) is 0 Å². The van der Waals surface area contributed by atoms with Gasteiger partial charge in [-0.15, -0.1) is 0 Å². The lowest BCUT2D eigenvalue weighted by molar-refractivity contribution is -0.153. The van der Waals surface area contributed by atoms with Gasteiger partial charge >= 0.3 is 84.3 Å². The Morgan fingerprint density at radius 2 is 0.526 bits per heavy atom. The molecule has 7 aliphatic rings. The van der Waals surface area contributed by atoms with E-state index in [1.54, 1.807) is 0 Å². The third-order valence-corrected chi connectivity index (χ3v) is 77.6. The molecule has 0 radical (unpaired) electrons. The third kappa shape index (κ3) is 16.2. The Labute approximate surface area is 471 Å². The van der Waals surface area contributed by atoms with Crippen LogP contribution in [0, 0.1) is 5.92 Å². The molecule has 0 saturated carbocycles. The van der Waals surface area contributed by atoms with Gasteiger partial charge in [-0.05, 0) is 160 Å². The molecule has 0 aromatic heterocycles. The van der Waals surface area contributed by atoms with Gasteiger partial charge in [0.25, 0.3) is 0 Å². The van der Waals surface area contributed by atoms with Crippen molar-refractivity contribution in [3.8, 4) is 0 Å². The average molecular weight is 1350 g/mol. The van der Waals surface area contributed by atoms with Crippen LogP contribution in [0.4, 0.5) is 0 Å². The predicted octanol–water partition coefficient (Wildman–Crippen LogP) is 9.52. The highest BCUT2D eigenvalue weighted by atomic mass is 28.7. The maximum Gasteiger partial charge on any atom is 0.651 e. The van der Waals surface area contributed by atoms with E-state index in [0.717, 1.165) is 0 Å². The van der Waals surface area contributed by atoms with Crippen LogP contribution in [0.2, 0.25) is 153 Å². The molecule has 7 fully saturated rings. The highest BCUT2D eigenvalue weighted by Crippen LogP contribution is 2.54. The van der Waals surface area contributed by atoms with Crippen LogP contribution in [0.1, 0.15) is 67.7 Å². The number of carbonyl (C=O) groups excluding carboxylic acids is 2. The summed E-state index contributed by atoms with van der Waals surface area (Å²) >= 11 is 0. The lowest BCUT2D eigenvalue weighted by atomic mass is 10.0. The molecule has 7 rings (SSSR count). The second-order valence-electron chi connectivity index (χ2n) is 25.2. The van der Waals surface area contributed by atoms with Crippen molar-refractivity contribution in [1.82, 2.24) is 0 Å². The first kappa shape index (κ1) is 66.9. The lowest BCUT2D eigenvalue weighted by Gasteiger charge is -2.61. The summed E-state index contributed by atoms with van der Waals surface area (Å²) in [6, 6.07) is 4.30. The maximum atomic E-state index is 12.7. The molecule has 1 unspecified atom stereocenters. The number of hydrogen-bond acceptors (Lipinski definition) is 23. The number of esters is 2. The highest BCUT2D eigenvalue weighted by molar-refractivity contribution is 7.04. The Kier molecular flexibility index (Phi) is 20.2. The van der Waals surface area contributed by atoms with Crippen LogP contribution >= 0.6 is 0 Å². The summed E-state index contributed by atoms with van der Waals surface area (Å²) in [7, 11) is -66.0. The second-order valence-corrected chi connectivity index (χ2v) is 83.1. The molecule has 8 bridgehead atoms. The van der Waals surface area contributed by atoms with Gasteiger partial charge in [0.15, 0.2) is 66.5 Å². The molecule has 76 heavy (non-hydrogen) atoms. The summed E-state index contributed by atoms with van der Waals surface area (Å²) in [5.74, 6) is -1.67. The molecule has 0 aromatic carbocycles. The van der Waals surface area contributed by atoms with Gasteiger partial charge < -0.3 is 87.0 Å².